The summed E-state index contributed by atoms with van der Waals surface area (Å²) in [5.74, 6) is 0.557. The second-order valence-corrected chi connectivity index (χ2v) is 6.90. The summed E-state index contributed by atoms with van der Waals surface area (Å²) in [4.78, 5) is 35.4. The summed E-state index contributed by atoms with van der Waals surface area (Å²) < 4.78 is 5.01. The van der Waals surface area contributed by atoms with Crippen molar-refractivity contribution in [1.82, 2.24) is 4.90 Å². The summed E-state index contributed by atoms with van der Waals surface area (Å²) in [7, 11) is 1.36. The summed E-state index contributed by atoms with van der Waals surface area (Å²) in [6, 6.07) is 10.0. The smallest absolute Gasteiger partial charge is 0.311 e. The molecule has 1 saturated heterocycles. The predicted octanol–water partition coefficient (Wildman–Crippen LogP) is 3.40. The van der Waals surface area contributed by atoms with Gasteiger partial charge < -0.3 is 9.64 Å². The number of methoxy groups -OCH3 is 1. The quantitative estimate of drug-likeness (QED) is 0.568. The molecule has 1 fully saturated rings. The molecule has 10 heteroatoms. The largest absolute Gasteiger partial charge is 0.490 e. The van der Waals surface area contributed by atoms with Crippen LogP contribution in [0.5, 0.6) is 5.75 Å². The molecule has 3 rings (SSSR count). The molecule has 27 heavy (non-hydrogen) atoms. The number of thioether (sulfide) groups is 1. The number of carbonyl (C=O) groups is 1. The van der Waals surface area contributed by atoms with Crippen LogP contribution in [0.3, 0.4) is 0 Å². The Morgan fingerprint density at radius 3 is 2.44 bits per heavy atom. The Morgan fingerprint density at radius 2 is 1.85 bits per heavy atom. The van der Waals surface area contributed by atoms with Crippen molar-refractivity contribution < 1.29 is 19.4 Å². The Bertz CT molecular complexity index is 902. The average Bonchev–Trinajstić information content (AvgIpc) is 3.16. The van der Waals surface area contributed by atoms with Gasteiger partial charge in [0.15, 0.2) is 5.75 Å². The first-order valence-corrected chi connectivity index (χ1v) is 8.96. The summed E-state index contributed by atoms with van der Waals surface area (Å²) in [5, 5.41) is 21.6. The van der Waals surface area contributed by atoms with Crippen LogP contribution in [0.25, 0.3) is 0 Å². The molecule has 1 amide bonds. The van der Waals surface area contributed by atoms with E-state index in [0.717, 1.165) is 0 Å². The van der Waals surface area contributed by atoms with E-state index in [-0.39, 0.29) is 28.4 Å². The van der Waals surface area contributed by atoms with E-state index in [4.69, 9.17) is 4.74 Å². The first-order valence-electron chi connectivity index (χ1n) is 7.91. The third kappa shape index (κ3) is 3.70. The van der Waals surface area contributed by atoms with E-state index < -0.39 is 9.85 Å². The maximum absolute atomic E-state index is 12.8. The summed E-state index contributed by atoms with van der Waals surface area (Å²) in [5.41, 5.74) is 0.700. The normalized spacial score (nSPS) is 16.2. The van der Waals surface area contributed by atoms with Crippen molar-refractivity contribution in [3.05, 3.63) is 73.8 Å². The van der Waals surface area contributed by atoms with E-state index in [0.29, 0.717) is 23.4 Å². The van der Waals surface area contributed by atoms with Crippen LogP contribution < -0.4 is 4.74 Å². The Balaban J connectivity index is 1.89. The van der Waals surface area contributed by atoms with Gasteiger partial charge >= 0.3 is 5.69 Å². The van der Waals surface area contributed by atoms with Crippen molar-refractivity contribution in [2.75, 3.05) is 19.4 Å². The van der Waals surface area contributed by atoms with Crippen molar-refractivity contribution in [3.8, 4) is 5.75 Å². The highest BCUT2D eigenvalue weighted by Gasteiger charge is 2.33. The molecule has 1 aliphatic heterocycles. The van der Waals surface area contributed by atoms with Gasteiger partial charge in [-0.15, -0.1) is 11.8 Å². The highest BCUT2D eigenvalue weighted by Crippen LogP contribution is 2.41. The fourth-order valence-electron chi connectivity index (χ4n) is 2.85. The monoisotopic (exact) mass is 389 g/mol. The number of ether oxygens (including phenoxy) is 1. The molecule has 1 atom stereocenters. The molecule has 0 aromatic heterocycles. The van der Waals surface area contributed by atoms with E-state index in [1.54, 1.807) is 11.0 Å². The van der Waals surface area contributed by atoms with Gasteiger partial charge in [-0.1, -0.05) is 6.07 Å². The molecule has 0 bridgehead atoms. The minimum absolute atomic E-state index is 0.0929. The van der Waals surface area contributed by atoms with Crippen molar-refractivity contribution in [2.24, 2.45) is 0 Å². The zero-order valence-electron chi connectivity index (χ0n) is 14.2. The van der Waals surface area contributed by atoms with Gasteiger partial charge in [0.05, 0.1) is 17.0 Å². The Hall–Kier alpha value is -3.14. The van der Waals surface area contributed by atoms with Crippen LogP contribution >= 0.6 is 11.8 Å². The molecular formula is C17H15N3O6S. The lowest BCUT2D eigenvalue weighted by molar-refractivity contribution is -0.385. The molecule has 2 aromatic rings. The Morgan fingerprint density at radius 1 is 1.15 bits per heavy atom. The molecular weight excluding hydrogens is 374 g/mol. The number of amides is 1. The first-order chi connectivity index (χ1) is 12.9. The van der Waals surface area contributed by atoms with Gasteiger partial charge in [0.1, 0.15) is 5.37 Å². The Labute approximate surface area is 158 Å². The lowest BCUT2D eigenvalue weighted by Gasteiger charge is -2.24. The molecule has 0 spiro atoms. The van der Waals surface area contributed by atoms with Crippen LogP contribution in [0.1, 0.15) is 21.3 Å². The molecule has 0 N–H and O–H groups in total. The standard InChI is InChI=1S/C17H15N3O6S/c1-26-15-7-4-12(10-14(15)20(24)25)17-18(8-9-27-17)16(21)11-2-5-13(6-3-11)19(22)23/h2-7,10,17H,8-9H2,1H3/t17-/m1/s1. The number of nitro groups is 2. The van der Waals surface area contributed by atoms with Crippen molar-refractivity contribution in [1.29, 1.82) is 0 Å². The fraction of sp³-hybridized carbons (Fsp3) is 0.235. The lowest BCUT2D eigenvalue weighted by Crippen LogP contribution is -2.30. The van der Waals surface area contributed by atoms with E-state index in [9.17, 15) is 25.0 Å². The van der Waals surface area contributed by atoms with Gasteiger partial charge in [-0.3, -0.25) is 25.0 Å². The number of carbonyl (C=O) groups excluding carboxylic acids is 1. The molecule has 140 valence electrons. The second kappa shape index (κ2) is 7.62. The van der Waals surface area contributed by atoms with Crippen LogP contribution in [0.4, 0.5) is 11.4 Å². The molecule has 0 radical (unpaired) electrons. The summed E-state index contributed by atoms with van der Waals surface area (Å²) >= 11 is 1.50. The van der Waals surface area contributed by atoms with E-state index in [1.807, 2.05) is 0 Å². The maximum Gasteiger partial charge on any atom is 0.311 e. The topological polar surface area (TPSA) is 116 Å². The number of nitro benzene ring substituents is 2. The molecule has 1 heterocycles. The predicted molar refractivity (Wildman–Crippen MR) is 99.0 cm³/mol. The highest BCUT2D eigenvalue weighted by molar-refractivity contribution is 7.99. The van der Waals surface area contributed by atoms with E-state index in [2.05, 4.69) is 0 Å². The van der Waals surface area contributed by atoms with Gasteiger partial charge in [-0.25, -0.2) is 0 Å². The zero-order chi connectivity index (χ0) is 19.6. The zero-order valence-corrected chi connectivity index (χ0v) is 15.0. The number of benzene rings is 2. The van der Waals surface area contributed by atoms with Crippen LogP contribution in [0.15, 0.2) is 42.5 Å². The van der Waals surface area contributed by atoms with Gasteiger partial charge in [0.2, 0.25) is 0 Å². The highest BCUT2D eigenvalue weighted by atomic mass is 32.2. The number of hydrogen-bond acceptors (Lipinski definition) is 7. The van der Waals surface area contributed by atoms with Crippen molar-refractivity contribution >= 4 is 29.0 Å². The SMILES string of the molecule is COc1ccc([C@H]2SCCN2C(=O)c2ccc([N+](=O)[O-])cc2)cc1[N+](=O)[O-]. The van der Waals surface area contributed by atoms with Crippen molar-refractivity contribution in [2.45, 2.75) is 5.37 Å². The minimum atomic E-state index is -0.529. The summed E-state index contributed by atoms with van der Waals surface area (Å²) in [6.45, 7) is 0.477. The first kappa shape index (κ1) is 18.6. The van der Waals surface area contributed by atoms with Gasteiger partial charge in [0.25, 0.3) is 11.6 Å². The number of rotatable bonds is 5. The number of nitrogens with zero attached hydrogens (tertiary/aromatic N) is 3. The second-order valence-electron chi connectivity index (χ2n) is 5.71. The lowest BCUT2D eigenvalue weighted by atomic mass is 10.1. The van der Waals surface area contributed by atoms with Crippen molar-refractivity contribution in [3.63, 3.8) is 0 Å². The molecule has 0 saturated carbocycles. The van der Waals surface area contributed by atoms with Gasteiger partial charge in [0, 0.05) is 36.1 Å². The van der Waals surface area contributed by atoms with Gasteiger partial charge in [-0.2, -0.15) is 0 Å². The number of non-ortho nitro benzene ring substituents is 1. The van der Waals surface area contributed by atoms with Crippen LogP contribution in [-0.4, -0.2) is 40.1 Å². The fourth-order valence-corrected chi connectivity index (χ4v) is 4.09. The van der Waals surface area contributed by atoms with Gasteiger partial charge in [-0.05, 0) is 23.8 Å². The summed E-state index contributed by atoms with van der Waals surface area (Å²) in [6.07, 6.45) is 0. The van der Waals surface area contributed by atoms with E-state index >= 15 is 0 Å². The molecule has 0 aliphatic carbocycles. The third-order valence-electron chi connectivity index (χ3n) is 4.16. The van der Waals surface area contributed by atoms with Crippen LogP contribution in [0.2, 0.25) is 0 Å². The molecule has 0 unspecified atom stereocenters. The molecule has 1 aliphatic rings. The molecule has 9 nitrogen and oxygen atoms in total. The number of hydrogen-bond donors (Lipinski definition) is 0. The Kier molecular flexibility index (Phi) is 5.26. The van der Waals surface area contributed by atoms with Crippen LogP contribution in [0, 0.1) is 20.2 Å². The molecule has 2 aromatic carbocycles. The van der Waals surface area contributed by atoms with E-state index in [1.165, 1.54) is 55.3 Å². The third-order valence-corrected chi connectivity index (χ3v) is 5.42. The maximum atomic E-state index is 12.8. The van der Waals surface area contributed by atoms with Crippen LogP contribution in [-0.2, 0) is 0 Å². The average molecular weight is 389 g/mol. The minimum Gasteiger partial charge on any atom is -0.490 e.